The fraction of sp³-hybridized carbons (Fsp3) is 0.200. The lowest BCUT2D eigenvalue weighted by atomic mass is 10.00. The number of methoxy groups -OCH3 is 1. The van der Waals surface area contributed by atoms with Gasteiger partial charge in [-0.1, -0.05) is 30.3 Å². The molecular formula is C20H20N2O3. The minimum Gasteiger partial charge on any atom is -0.497 e. The predicted molar refractivity (Wildman–Crippen MR) is 96.8 cm³/mol. The molecule has 2 aromatic carbocycles. The summed E-state index contributed by atoms with van der Waals surface area (Å²) in [6.45, 7) is 1.51. The Kier molecular flexibility index (Phi) is 3.76. The van der Waals surface area contributed by atoms with Crippen LogP contribution in [-0.2, 0) is 13.0 Å². The molecule has 0 saturated carbocycles. The third-order valence-corrected chi connectivity index (χ3v) is 4.72. The Balaban J connectivity index is 1.71. The molecule has 25 heavy (non-hydrogen) atoms. The van der Waals surface area contributed by atoms with E-state index in [2.05, 4.69) is 23.1 Å². The maximum atomic E-state index is 10.7. The molecule has 5 heteroatoms. The van der Waals surface area contributed by atoms with Gasteiger partial charge in [-0.15, -0.1) is 0 Å². The van der Waals surface area contributed by atoms with Crippen LogP contribution in [0.2, 0.25) is 0 Å². The minimum atomic E-state index is -0.000360. The summed E-state index contributed by atoms with van der Waals surface area (Å²) in [5, 5.41) is 21.1. The topological polar surface area (TPSA) is 57.9 Å². The third-order valence-electron chi connectivity index (χ3n) is 4.72. The number of hydrogen-bond donors (Lipinski definition) is 2. The number of nitrogens with zero attached hydrogens (tertiary/aromatic N) is 2. The van der Waals surface area contributed by atoms with Gasteiger partial charge in [-0.2, -0.15) is 0 Å². The molecule has 0 radical (unpaired) electrons. The molecule has 0 saturated heterocycles. The zero-order valence-corrected chi connectivity index (χ0v) is 14.0. The lowest BCUT2D eigenvalue weighted by Crippen LogP contribution is -2.30. The molecule has 5 nitrogen and oxygen atoms in total. The Hall–Kier alpha value is -3.08. The number of anilines is 1. The second kappa shape index (κ2) is 6.09. The highest BCUT2D eigenvalue weighted by Gasteiger charge is 2.23. The van der Waals surface area contributed by atoms with Gasteiger partial charge in [0.25, 0.3) is 0 Å². The summed E-state index contributed by atoms with van der Waals surface area (Å²) in [7, 11) is 1.59. The van der Waals surface area contributed by atoms with E-state index in [1.807, 2.05) is 24.3 Å². The predicted octanol–water partition coefficient (Wildman–Crippen LogP) is 3.46. The first-order chi connectivity index (χ1) is 12.2. The summed E-state index contributed by atoms with van der Waals surface area (Å²) < 4.78 is 6.66. The van der Waals surface area contributed by atoms with Gasteiger partial charge in [-0.25, -0.2) is 4.57 Å². The van der Waals surface area contributed by atoms with Crippen LogP contribution in [0.4, 0.5) is 5.69 Å². The molecule has 0 amide bonds. The molecule has 0 fully saturated rings. The molecule has 2 heterocycles. The van der Waals surface area contributed by atoms with Crippen LogP contribution in [0.5, 0.6) is 17.5 Å². The van der Waals surface area contributed by atoms with Gasteiger partial charge in [0.15, 0.2) is 0 Å². The van der Waals surface area contributed by atoms with Crippen molar-refractivity contribution in [2.24, 2.45) is 0 Å². The maximum Gasteiger partial charge on any atom is 0.223 e. The Morgan fingerprint density at radius 2 is 1.76 bits per heavy atom. The molecule has 2 N–H and O–H groups in total. The SMILES string of the molecule is COc1cccc(-n2c(O)cc(N3CCc4ccccc4C3)c2O)c1. The van der Waals surface area contributed by atoms with E-state index >= 15 is 0 Å². The van der Waals surface area contributed by atoms with Crippen molar-refractivity contribution in [3.8, 4) is 23.2 Å². The van der Waals surface area contributed by atoms with E-state index in [4.69, 9.17) is 4.74 Å². The smallest absolute Gasteiger partial charge is 0.223 e. The van der Waals surface area contributed by atoms with Gasteiger partial charge in [0.05, 0.1) is 12.8 Å². The molecule has 128 valence electrons. The molecule has 0 spiro atoms. The fourth-order valence-corrected chi connectivity index (χ4v) is 3.41. The van der Waals surface area contributed by atoms with Crippen LogP contribution < -0.4 is 9.64 Å². The van der Waals surface area contributed by atoms with Crippen molar-refractivity contribution < 1.29 is 14.9 Å². The van der Waals surface area contributed by atoms with Crippen LogP contribution in [0, 0.1) is 0 Å². The molecule has 4 rings (SSSR count). The van der Waals surface area contributed by atoms with Crippen LogP contribution in [0.25, 0.3) is 5.69 Å². The molecular weight excluding hydrogens is 316 g/mol. The molecule has 0 atom stereocenters. The largest absolute Gasteiger partial charge is 0.497 e. The molecule has 0 unspecified atom stereocenters. The molecule has 1 aromatic heterocycles. The van der Waals surface area contributed by atoms with Crippen molar-refractivity contribution in [1.82, 2.24) is 4.57 Å². The van der Waals surface area contributed by atoms with E-state index in [1.165, 1.54) is 15.7 Å². The average Bonchev–Trinajstić information content (AvgIpc) is 2.95. The number of hydrogen-bond acceptors (Lipinski definition) is 4. The van der Waals surface area contributed by atoms with Gasteiger partial charge in [0.1, 0.15) is 11.4 Å². The highest BCUT2D eigenvalue weighted by molar-refractivity contribution is 5.64. The number of fused-ring (bicyclic) bond motifs is 1. The van der Waals surface area contributed by atoms with Crippen LogP contribution in [0.3, 0.4) is 0 Å². The summed E-state index contributed by atoms with van der Waals surface area (Å²) >= 11 is 0. The third kappa shape index (κ3) is 2.67. The lowest BCUT2D eigenvalue weighted by Gasteiger charge is -2.29. The summed E-state index contributed by atoms with van der Waals surface area (Å²) in [6.07, 6.45) is 0.917. The van der Waals surface area contributed by atoms with Crippen LogP contribution in [0.15, 0.2) is 54.6 Å². The monoisotopic (exact) mass is 336 g/mol. The maximum absolute atomic E-state index is 10.7. The second-order valence-corrected chi connectivity index (χ2v) is 6.19. The molecule has 3 aromatic rings. The number of rotatable bonds is 3. The van der Waals surface area contributed by atoms with Gasteiger partial charge < -0.3 is 19.8 Å². The van der Waals surface area contributed by atoms with Crippen molar-refractivity contribution in [3.05, 3.63) is 65.7 Å². The van der Waals surface area contributed by atoms with Crippen LogP contribution >= 0.6 is 0 Å². The van der Waals surface area contributed by atoms with Gasteiger partial charge in [0.2, 0.25) is 11.8 Å². The summed E-state index contributed by atoms with van der Waals surface area (Å²) in [5.41, 5.74) is 3.88. The normalized spacial score (nSPS) is 13.6. The van der Waals surface area contributed by atoms with E-state index in [1.54, 1.807) is 19.2 Å². The van der Waals surface area contributed by atoms with Crippen molar-refractivity contribution >= 4 is 5.69 Å². The van der Waals surface area contributed by atoms with Crippen LogP contribution in [-0.4, -0.2) is 28.4 Å². The highest BCUT2D eigenvalue weighted by Crippen LogP contribution is 2.40. The Bertz CT molecular complexity index is 917. The number of aromatic hydroxyl groups is 2. The van der Waals surface area contributed by atoms with Gasteiger partial charge >= 0.3 is 0 Å². The van der Waals surface area contributed by atoms with E-state index in [0.29, 0.717) is 23.7 Å². The quantitative estimate of drug-likeness (QED) is 0.769. The summed E-state index contributed by atoms with van der Waals surface area (Å²) in [6, 6.07) is 17.2. The molecule has 0 aliphatic carbocycles. The standard InChI is InChI=1S/C20H20N2O3/c1-25-17-8-4-7-16(11-17)22-19(23)12-18(20(22)24)21-10-9-14-5-2-3-6-15(14)13-21/h2-8,11-12,23-24H,9-10,13H2,1H3. The van der Waals surface area contributed by atoms with Crippen molar-refractivity contribution in [2.45, 2.75) is 13.0 Å². The minimum absolute atomic E-state index is 0.000360. The first-order valence-corrected chi connectivity index (χ1v) is 8.27. The first-order valence-electron chi connectivity index (χ1n) is 8.27. The fourth-order valence-electron chi connectivity index (χ4n) is 3.41. The molecule has 0 bridgehead atoms. The summed E-state index contributed by atoms with van der Waals surface area (Å²) in [5.74, 6) is 0.697. The van der Waals surface area contributed by atoms with Crippen molar-refractivity contribution in [2.75, 3.05) is 18.6 Å². The zero-order valence-electron chi connectivity index (χ0n) is 14.0. The number of ether oxygens (including phenoxy) is 1. The Morgan fingerprint density at radius 1 is 0.960 bits per heavy atom. The molecule has 1 aliphatic heterocycles. The zero-order chi connectivity index (χ0) is 17.4. The summed E-state index contributed by atoms with van der Waals surface area (Å²) in [4.78, 5) is 2.09. The van der Waals surface area contributed by atoms with Gasteiger partial charge in [-0.05, 0) is 29.7 Å². The van der Waals surface area contributed by atoms with E-state index in [-0.39, 0.29) is 11.8 Å². The number of benzene rings is 2. The van der Waals surface area contributed by atoms with Crippen molar-refractivity contribution in [1.29, 1.82) is 0 Å². The highest BCUT2D eigenvalue weighted by atomic mass is 16.5. The van der Waals surface area contributed by atoms with Gasteiger partial charge in [0, 0.05) is 25.2 Å². The van der Waals surface area contributed by atoms with E-state index in [9.17, 15) is 10.2 Å². The van der Waals surface area contributed by atoms with Crippen LogP contribution in [0.1, 0.15) is 11.1 Å². The van der Waals surface area contributed by atoms with E-state index in [0.717, 1.165) is 13.0 Å². The second-order valence-electron chi connectivity index (χ2n) is 6.19. The number of aromatic nitrogens is 1. The van der Waals surface area contributed by atoms with Crippen molar-refractivity contribution in [3.63, 3.8) is 0 Å². The Morgan fingerprint density at radius 3 is 2.56 bits per heavy atom. The average molecular weight is 336 g/mol. The van der Waals surface area contributed by atoms with Gasteiger partial charge in [-0.3, -0.25) is 0 Å². The first kappa shape index (κ1) is 15.4. The lowest BCUT2D eigenvalue weighted by molar-refractivity contribution is 0.399. The molecule has 1 aliphatic rings. The Labute approximate surface area is 146 Å². The van der Waals surface area contributed by atoms with E-state index < -0.39 is 0 Å².